The van der Waals surface area contributed by atoms with Crippen LogP contribution in [0.3, 0.4) is 0 Å². The molecular formula is C13H9ClN2O2S. The van der Waals surface area contributed by atoms with E-state index in [9.17, 15) is 4.79 Å². The number of rotatable bonds is 3. The molecule has 0 spiro atoms. The highest BCUT2D eigenvalue weighted by Gasteiger charge is 2.13. The van der Waals surface area contributed by atoms with Gasteiger partial charge in [0.25, 0.3) is 0 Å². The fourth-order valence-corrected chi connectivity index (χ4v) is 2.37. The van der Waals surface area contributed by atoms with Crippen molar-refractivity contribution in [2.45, 2.75) is 6.61 Å². The summed E-state index contributed by atoms with van der Waals surface area (Å²) in [5.41, 5.74) is 7.13. The largest absolute Gasteiger partial charge is 0.457 e. The lowest BCUT2D eigenvalue weighted by molar-refractivity contribution is 0.0480. The predicted molar refractivity (Wildman–Crippen MR) is 74.0 cm³/mol. The maximum absolute atomic E-state index is 11.7. The Morgan fingerprint density at radius 3 is 2.84 bits per heavy atom. The van der Waals surface area contributed by atoms with Gasteiger partial charge in [-0.1, -0.05) is 17.7 Å². The predicted octanol–water partition coefficient (Wildman–Crippen LogP) is 3.21. The van der Waals surface area contributed by atoms with Crippen LogP contribution in [0.4, 0.5) is 5.69 Å². The van der Waals surface area contributed by atoms with Crippen LogP contribution in [0.1, 0.15) is 20.8 Å². The minimum Gasteiger partial charge on any atom is -0.457 e. The van der Waals surface area contributed by atoms with Crippen LogP contribution in [0, 0.1) is 11.3 Å². The Balaban J connectivity index is 2.06. The van der Waals surface area contributed by atoms with Gasteiger partial charge in [0.1, 0.15) is 11.5 Å². The number of anilines is 1. The second kappa shape index (κ2) is 5.74. The second-order valence-electron chi connectivity index (χ2n) is 3.70. The first kappa shape index (κ1) is 13.4. The Morgan fingerprint density at radius 2 is 2.26 bits per heavy atom. The summed E-state index contributed by atoms with van der Waals surface area (Å²) in [7, 11) is 0. The minimum absolute atomic E-state index is 0.0424. The number of nitrogen functional groups attached to an aromatic ring is 1. The molecule has 0 fully saturated rings. The molecule has 2 rings (SSSR count). The number of nitriles is 1. The molecular weight excluding hydrogens is 284 g/mol. The summed E-state index contributed by atoms with van der Waals surface area (Å²) in [6, 6.07) is 8.44. The maximum Gasteiger partial charge on any atom is 0.350 e. The number of benzene rings is 1. The third-order valence-electron chi connectivity index (χ3n) is 2.42. The zero-order valence-corrected chi connectivity index (χ0v) is 11.3. The number of thiophene rings is 1. The number of halogens is 1. The first-order valence-electron chi connectivity index (χ1n) is 5.30. The van der Waals surface area contributed by atoms with E-state index in [0.717, 1.165) is 0 Å². The molecule has 4 nitrogen and oxygen atoms in total. The van der Waals surface area contributed by atoms with E-state index in [1.807, 2.05) is 6.07 Å². The van der Waals surface area contributed by atoms with Crippen LogP contribution >= 0.6 is 22.9 Å². The van der Waals surface area contributed by atoms with Crippen LogP contribution in [0.15, 0.2) is 29.6 Å². The SMILES string of the molecule is N#Cc1ccc(COC(=O)c2sccc2N)c(Cl)c1. The highest BCUT2D eigenvalue weighted by molar-refractivity contribution is 7.12. The second-order valence-corrected chi connectivity index (χ2v) is 5.02. The molecule has 0 aliphatic rings. The van der Waals surface area contributed by atoms with Crippen molar-refractivity contribution in [2.24, 2.45) is 0 Å². The molecule has 0 aliphatic heterocycles. The van der Waals surface area contributed by atoms with Crippen LogP contribution in [-0.2, 0) is 11.3 Å². The van der Waals surface area contributed by atoms with Gasteiger partial charge < -0.3 is 10.5 Å². The van der Waals surface area contributed by atoms with Crippen molar-refractivity contribution in [3.05, 3.63) is 50.7 Å². The van der Waals surface area contributed by atoms with Gasteiger partial charge in [-0.2, -0.15) is 5.26 Å². The average molecular weight is 293 g/mol. The van der Waals surface area contributed by atoms with Crippen molar-refractivity contribution in [1.82, 2.24) is 0 Å². The lowest BCUT2D eigenvalue weighted by Gasteiger charge is -2.06. The lowest BCUT2D eigenvalue weighted by atomic mass is 10.1. The van der Waals surface area contributed by atoms with Crippen LogP contribution in [0.25, 0.3) is 0 Å². The minimum atomic E-state index is -0.479. The van der Waals surface area contributed by atoms with Gasteiger partial charge >= 0.3 is 5.97 Å². The van der Waals surface area contributed by atoms with E-state index >= 15 is 0 Å². The first-order valence-corrected chi connectivity index (χ1v) is 6.56. The van der Waals surface area contributed by atoms with E-state index < -0.39 is 5.97 Å². The molecule has 1 aromatic heterocycles. The summed E-state index contributed by atoms with van der Waals surface area (Å²) < 4.78 is 5.13. The average Bonchev–Trinajstić information content (AvgIpc) is 2.83. The molecule has 0 aliphatic carbocycles. The van der Waals surface area contributed by atoms with E-state index in [1.165, 1.54) is 17.4 Å². The number of nitrogens with zero attached hydrogens (tertiary/aromatic N) is 1. The van der Waals surface area contributed by atoms with Gasteiger partial charge in [-0.05, 0) is 23.6 Å². The molecule has 0 amide bonds. The monoisotopic (exact) mass is 292 g/mol. The Morgan fingerprint density at radius 1 is 1.47 bits per heavy atom. The van der Waals surface area contributed by atoms with Crippen LogP contribution in [0.2, 0.25) is 5.02 Å². The fraction of sp³-hybridized carbons (Fsp3) is 0.0769. The van der Waals surface area contributed by atoms with Crippen molar-refractivity contribution in [3.63, 3.8) is 0 Å². The smallest absolute Gasteiger partial charge is 0.350 e. The highest BCUT2D eigenvalue weighted by Crippen LogP contribution is 2.22. The summed E-state index contributed by atoms with van der Waals surface area (Å²) in [5.74, 6) is -0.479. The number of esters is 1. The van der Waals surface area contributed by atoms with Gasteiger partial charge in [0.05, 0.1) is 17.3 Å². The molecule has 1 aromatic carbocycles. The Kier molecular flexibility index (Phi) is 4.05. The Bertz CT molecular complexity index is 661. The van der Waals surface area contributed by atoms with Crippen molar-refractivity contribution < 1.29 is 9.53 Å². The summed E-state index contributed by atoms with van der Waals surface area (Å²) in [5, 5.41) is 10.8. The zero-order chi connectivity index (χ0) is 13.8. The van der Waals surface area contributed by atoms with Crippen molar-refractivity contribution >= 4 is 34.6 Å². The van der Waals surface area contributed by atoms with E-state index in [-0.39, 0.29) is 6.61 Å². The van der Waals surface area contributed by atoms with Gasteiger partial charge in [-0.3, -0.25) is 0 Å². The highest BCUT2D eigenvalue weighted by atomic mass is 35.5. The molecule has 0 bridgehead atoms. The summed E-state index contributed by atoms with van der Waals surface area (Å²) in [6.07, 6.45) is 0. The van der Waals surface area contributed by atoms with E-state index in [4.69, 9.17) is 27.3 Å². The maximum atomic E-state index is 11.7. The fourth-order valence-electron chi connectivity index (χ4n) is 1.43. The van der Waals surface area contributed by atoms with E-state index in [1.54, 1.807) is 23.6 Å². The van der Waals surface area contributed by atoms with E-state index in [0.29, 0.717) is 26.7 Å². The number of hydrogen-bond donors (Lipinski definition) is 1. The summed E-state index contributed by atoms with van der Waals surface area (Å²) in [4.78, 5) is 12.1. The third-order valence-corrected chi connectivity index (χ3v) is 3.68. The molecule has 0 atom stereocenters. The normalized spacial score (nSPS) is 9.89. The quantitative estimate of drug-likeness (QED) is 0.881. The molecule has 0 unspecified atom stereocenters. The number of carbonyl (C=O) groups is 1. The summed E-state index contributed by atoms with van der Waals surface area (Å²) in [6.45, 7) is 0.0424. The van der Waals surface area contributed by atoms with E-state index in [2.05, 4.69) is 0 Å². The standard InChI is InChI=1S/C13H9ClN2O2S/c14-10-5-8(6-15)1-2-9(10)7-18-13(17)12-11(16)3-4-19-12/h1-5H,7,16H2. The molecule has 2 N–H and O–H groups in total. The number of ether oxygens (including phenoxy) is 1. The zero-order valence-electron chi connectivity index (χ0n) is 9.72. The van der Waals surface area contributed by atoms with Gasteiger partial charge in [0.15, 0.2) is 0 Å². The molecule has 6 heteroatoms. The molecule has 0 radical (unpaired) electrons. The molecule has 96 valence electrons. The van der Waals surface area contributed by atoms with Gasteiger partial charge in [-0.15, -0.1) is 11.3 Å². The number of carbonyl (C=O) groups excluding carboxylic acids is 1. The van der Waals surface area contributed by atoms with Crippen molar-refractivity contribution in [2.75, 3.05) is 5.73 Å². The number of hydrogen-bond acceptors (Lipinski definition) is 5. The number of nitrogens with two attached hydrogens (primary N) is 1. The Hall–Kier alpha value is -2.03. The molecule has 0 saturated carbocycles. The van der Waals surface area contributed by atoms with Gasteiger partial charge in [0.2, 0.25) is 0 Å². The topological polar surface area (TPSA) is 76.1 Å². The van der Waals surface area contributed by atoms with Gasteiger partial charge in [-0.25, -0.2) is 4.79 Å². The van der Waals surface area contributed by atoms with Gasteiger partial charge in [0, 0.05) is 10.6 Å². The molecule has 0 saturated heterocycles. The third kappa shape index (κ3) is 3.05. The molecule has 1 heterocycles. The first-order chi connectivity index (χ1) is 9.11. The van der Waals surface area contributed by atoms with Crippen molar-refractivity contribution in [3.8, 4) is 6.07 Å². The lowest BCUT2D eigenvalue weighted by Crippen LogP contribution is -2.05. The summed E-state index contributed by atoms with van der Waals surface area (Å²) >= 11 is 7.21. The van der Waals surface area contributed by atoms with Crippen LogP contribution in [0.5, 0.6) is 0 Å². The molecule has 2 aromatic rings. The van der Waals surface area contributed by atoms with Crippen molar-refractivity contribution in [1.29, 1.82) is 5.26 Å². The Labute approximate surface area is 119 Å². The van der Waals surface area contributed by atoms with Crippen LogP contribution in [-0.4, -0.2) is 5.97 Å². The molecule has 19 heavy (non-hydrogen) atoms. The van der Waals surface area contributed by atoms with Crippen LogP contribution < -0.4 is 5.73 Å².